The normalized spacial score (nSPS) is 11.2. The van der Waals surface area contributed by atoms with Gasteiger partial charge in [0.05, 0.1) is 0 Å². The lowest BCUT2D eigenvalue weighted by Gasteiger charge is -2.14. The topological polar surface area (TPSA) is 64.5 Å². The molecule has 0 fully saturated rings. The van der Waals surface area contributed by atoms with E-state index in [9.17, 15) is 0 Å². The van der Waals surface area contributed by atoms with Gasteiger partial charge in [0.1, 0.15) is 0 Å². The van der Waals surface area contributed by atoms with Crippen LogP contribution in [-0.2, 0) is 0 Å². The molecular weight excluding hydrogens is 538 g/mol. The average Bonchev–Trinajstić information content (AvgIpc) is 3.11. The van der Waals surface area contributed by atoms with Crippen LogP contribution in [-0.4, -0.2) is 24.9 Å². The number of aromatic nitrogens is 5. The molecule has 0 N–H and O–H groups in total. The number of rotatable bonds is 5. The van der Waals surface area contributed by atoms with Crippen molar-refractivity contribution in [1.82, 2.24) is 24.9 Å². The average molecular weight is 564 g/mol. The van der Waals surface area contributed by atoms with Crippen molar-refractivity contribution >= 4 is 21.5 Å². The highest BCUT2D eigenvalue weighted by atomic mass is 15.0. The van der Waals surface area contributed by atoms with Gasteiger partial charge >= 0.3 is 0 Å². The second-order valence-electron chi connectivity index (χ2n) is 10.6. The fourth-order valence-corrected chi connectivity index (χ4v) is 5.75. The SMILES string of the molecule is c1ccc(-c2nc(-c3ccccc3)nc(-c3cc(-c4cccc5cnccc45)cc(-c4cccc5cnccc45)c3)n2)cc1. The van der Waals surface area contributed by atoms with E-state index in [1.54, 1.807) is 0 Å². The van der Waals surface area contributed by atoms with Crippen molar-refractivity contribution in [1.29, 1.82) is 0 Å². The van der Waals surface area contributed by atoms with Crippen LogP contribution in [0.1, 0.15) is 0 Å². The minimum atomic E-state index is 0.615. The first-order valence-electron chi connectivity index (χ1n) is 14.5. The molecule has 0 aliphatic rings. The zero-order valence-electron chi connectivity index (χ0n) is 23.7. The van der Waals surface area contributed by atoms with Gasteiger partial charge in [0.15, 0.2) is 17.5 Å². The van der Waals surface area contributed by atoms with Gasteiger partial charge in [0.2, 0.25) is 0 Å². The van der Waals surface area contributed by atoms with E-state index in [-0.39, 0.29) is 0 Å². The van der Waals surface area contributed by atoms with E-state index >= 15 is 0 Å². The first-order chi connectivity index (χ1) is 21.8. The van der Waals surface area contributed by atoms with Crippen LogP contribution in [0.5, 0.6) is 0 Å². The number of hydrogen-bond donors (Lipinski definition) is 0. The molecule has 0 aliphatic carbocycles. The van der Waals surface area contributed by atoms with E-state index in [4.69, 9.17) is 15.0 Å². The highest BCUT2D eigenvalue weighted by molar-refractivity contribution is 6.00. The van der Waals surface area contributed by atoms with Crippen molar-refractivity contribution < 1.29 is 0 Å². The molecule has 5 aromatic carbocycles. The lowest BCUT2D eigenvalue weighted by atomic mass is 9.92. The fraction of sp³-hybridized carbons (Fsp3) is 0. The first kappa shape index (κ1) is 25.6. The van der Waals surface area contributed by atoms with E-state index in [1.807, 2.05) is 85.5 Å². The molecule has 3 aromatic heterocycles. The summed E-state index contributed by atoms with van der Waals surface area (Å²) < 4.78 is 0. The van der Waals surface area contributed by atoms with Crippen molar-refractivity contribution in [3.63, 3.8) is 0 Å². The lowest BCUT2D eigenvalue weighted by Crippen LogP contribution is -2.00. The van der Waals surface area contributed by atoms with E-state index in [0.717, 1.165) is 60.5 Å². The van der Waals surface area contributed by atoms with Crippen molar-refractivity contribution in [3.8, 4) is 56.4 Å². The van der Waals surface area contributed by atoms with Gasteiger partial charge in [0.25, 0.3) is 0 Å². The molecule has 0 bridgehead atoms. The molecule has 0 saturated carbocycles. The summed E-state index contributed by atoms with van der Waals surface area (Å²) in [6, 6.07) is 43.6. The van der Waals surface area contributed by atoms with Crippen molar-refractivity contribution in [3.05, 3.63) is 152 Å². The molecule has 0 spiro atoms. The van der Waals surface area contributed by atoms with Gasteiger partial charge in [-0.05, 0) is 63.4 Å². The zero-order chi connectivity index (χ0) is 29.3. The molecule has 0 amide bonds. The maximum absolute atomic E-state index is 5.05. The Morgan fingerprint density at radius 3 is 1.25 bits per heavy atom. The van der Waals surface area contributed by atoms with Gasteiger partial charge in [-0.25, -0.2) is 15.0 Å². The first-order valence-corrected chi connectivity index (χ1v) is 14.5. The molecule has 44 heavy (non-hydrogen) atoms. The van der Waals surface area contributed by atoms with E-state index < -0.39 is 0 Å². The van der Waals surface area contributed by atoms with Crippen LogP contribution in [0.4, 0.5) is 0 Å². The summed E-state index contributed by atoms with van der Waals surface area (Å²) in [5.74, 6) is 1.88. The van der Waals surface area contributed by atoms with Crippen molar-refractivity contribution in [2.24, 2.45) is 0 Å². The molecule has 8 aromatic rings. The van der Waals surface area contributed by atoms with Crippen LogP contribution in [0.2, 0.25) is 0 Å². The second kappa shape index (κ2) is 11.0. The molecule has 5 nitrogen and oxygen atoms in total. The number of pyridine rings is 2. The summed E-state index contributed by atoms with van der Waals surface area (Å²) in [6.07, 6.45) is 7.51. The number of fused-ring (bicyclic) bond motifs is 2. The van der Waals surface area contributed by atoms with Gasteiger partial charge in [0, 0.05) is 52.3 Å². The van der Waals surface area contributed by atoms with Crippen LogP contribution in [0, 0.1) is 0 Å². The maximum atomic E-state index is 5.05. The monoisotopic (exact) mass is 563 g/mol. The Balaban J connectivity index is 1.41. The summed E-state index contributed by atoms with van der Waals surface area (Å²) in [5.41, 5.74) is 7.17. The summed E-state index contributed by atoms with van der Waals surface area (Å²) in [6.45, 7) is 0. The molecule has 8 rings (SSSR count). The molecule has 5 heteroatoms. The highest BCUT2D eigenvalue weighted by Crippen LogP contribution is 2.37. The number of benzene rings is 5. The Hall–Kier alpha value is -6.07. The largest absolute Gasteiger partial charge is 0.264 e. The standard InChI is InChI=1S/C39H25N5/c1-3-9-26(10-4-1)37-42-38(27-11-5-2-6-12-27)44-39(43-37)32-22-30(33-15-7-13-28-24-40-19-17-35(28)33)21-31(23-32)34-16-8-14-29-25-41-20-18-36(29)34/h1-25H. The van der Waals surface area contributed by atoms with Crippen molar-refractivity contribution in [2.45, 2.75) is 0 Å². The van der Waals surface area contributed by atoms with Gasteiger partial charge in [-0.3, -0.25) is 9.97 Å². The highest BCUT2D eigenvalue weighted by Gasteiger charge is 2.16. The van der Waals surface area contributed by atoms with Gasteiger partial charge < -0.3 is 0 Å². The second-order valence-corrected chi connectivity index (χ2v) is 10.6. The molecule has 0 aliphatic heterocycles. The van der Waals surface area contributed by atoms with Crippen LogP contribution >= 0.6 is 0 Å². The minimum Gasteiger partial charge on any atom is -0.264 e. The molecule has 0 atom stereocenters. The molecule has 3 heterocycles. The minimum absolute atomic E-state index is 0.615. The quantitative estimate of drug-likeness (QED) is 0.209. The Kier molecular flexibility index (Phi) is 6.39. The van der Waals surface area contributed by atoms with Crippen molar-refractivity contribution in [2.75, 3.05) is 0 Å². The number of nitrogens with zero attached hydrogens (tertiary/aromatic N) is 5. The third-order valence-electron chi connectivity index (χ3n) is 7.87. The molecule has 0 unspecified atom stereocenters. The van der Waals surface area contributed by atoms with E-state index in [1.165, 1.54) is 0 Å². The van der Waals surface area contributed by atoms with Crippen LogP contribution in [0.3, 0.4) is 0 Å². The molecule has 0 saturated heterocycles. The Bertz CT molecular complexity index is 2120. The third-order valence-corrected chi connectivity index (χ3v) is 7.87. The Morgan fingerprint density at radius 2 is 0.773 bits per heavy atom. The predicted octanol–water partition coefficient (Wildman–Crippen LogP) is 9.30. The molecule has 206 valence electrons. The van der Waals surface area contributed by atoms with Crippen LogP contribution in [0.25, 0.3) is 78.0 Å². The summed E-state index contributed by atoms with van der Waals surface area (Å²) in [4.78, 5) is 23.7. The van der Waals surface area contributed by atoms with Crippen LogP contribution < -0.4 is 0 Å². The third kappa shape index (κ3) is 4.76. The van der Waals surface area contributed by atoms with Gasteiger partial charge in [-0.15, -0.1) is 0 Å². The van der Waals surface area contributed by atoms with E-state index in [2.05, 4.69) is 76.7 Å². The Labute approximate surface area is 254 Å². The lowest BCUT2D eigenvalue weighted by molar-refractivity contribution is 1.07. The Morgan fingerprint density at radius 1 is 0.341 bits per heavy atom. The smallest absolute Gasteiger partial charge is 0.164 e. The number of hydrogen-bond acceptors (Lipinski definition) is 5. The zero-order valence-corrected chi connectivity index (χ0v) is 23.7. The molecule has 0 radical (unpaired) electrons. The summed E-state index contributed by atoms with van der Waals surface area (Å²) >= 11 is 0. The van der Waals surface area contributed by atoms with Gasteiger partial charge in [-0.2, -0.15) is 0 Å². The predicted molar refractivity (Wildman–Crippen MR) is 178 cm³/mol. The van der Waals surface area contributed by atoms with E-state index in [0.29, 0.717) is 17.5 Å². The van der Waals surface area contributed by atoms with Gasteiger partial charge in [-0.1, -0.05) is 97.1 Å². The summed E-state index contributed by atoms with van der Waals surface area (Å²) in [5, 5.41) is 4.45. The van der Waals surface area contributed by atoms with Crippen LogP contribution in [0.15, 0.2) is 152 Å². The summed E-state index contributed by atoms with van der Waals surface area (Å²) in [7, 11) is 0. The fourth-order valence-electron chi connectivity index (χ4n) is 5.75. The molecular formula is C39H25N5. The maximum Gasteiger partial charge on any atom is 0.164 e.